The largest absolute Gasteiger partial charge is 0.298 e. The number of Topliss-reactive ketones (excluding diaryl/α,β-unsaturated/α-hetero) is 1. The Labute approximate surface area is 82.2 Å². The lowest BCUT2D eigenvalue weighted by molar-refractivity contribution is -0.116. The topological polar surface area (TPSA) is 20.3 Å². The zero-order valence-electron chi connectivity index (χ0n) is 7.75. The van der Waals surface area contributed by atoms with Crippen molar-refractivity contribution in [1.82, 2.24) is 4.90 Å². The van der Waals surface area contributed by atoms with Crippen molar-refractivity contribution in [2.75, 3.05) is 13.1 Å². The number of aryl methyl sites for hydroxylation is 1. The van der Waals surface area contributed by atoms with Crippen LogP contribution in [0.1, 0.15) is 17.5 Å². The second kappa shape index (κ2) is 3.60. The summed E-state index contributed by atoms with van der Waals surface area (Å²) in [6, 6.07) is 0. The van der Waals surface area contributed by atoms with Crippen molar-refractivity contribution >= 4 is 17.1 Å². The lowest BCUT2D eigenvalue weighted by Gasteiger charge is -2.12. The minimum absolute atomic E-state index is 0.382. The number of hydrogen-bond acceptors (Lipinski definition) is 3. The first-order valence-electron chi connectivity index (χ1n) is 4.51. The van der Waals surface area contributed by atoms with Gasteiger partial charge in [-0.25, -0.2) is 0 Å². The second-order valence-electron chi connectivity index (χ2n) is 3.58. The van der Waals surface area contributed by atoms with Gasteiger partial charge in [-0.15, -0.1) is 0 Å². The molecule has 2 heterocycles. The van der Waals surface area contributed by atoms with Gasteiger partial charge in [0.15, 0.2) is 0 Å². The van der Waals surface area contributed by atoms with Crippen LogP contribution in [0.15, 0.2) is 10.8 Å². The van der Waals surface area contributed by atoms with Crippen LogP contribution in [0, 0.1) is 6.92 Å². The monoisotopic (exact) mass is 195 g/mol. The molecule has 2 rings (SSSR count). The molecule has 0 saturated carbocycles. The minimum Gasteiger partial charge on any atom is -0.298 e. The molecule has 3 heteroatoms. The molecule has 0 unspecified atom stereocenters. The molecule has 70 valence electrons. The van der Waals surface area contributed by atoms with Gasteiger partial charge in [-0.1, -0.05) is 0 Å². The van der Waals surface area contributed by atoms with Gasteiger partial charge in [-0.05, 0) is 28.8 Å². The van der Waals surface area contributed by atoms with Crippen LogP contribution < -0.4 is 0 Å². The van der Waals surface area contributed by atoms with Crippen LogP contribution in [0.25, 0.3) is 0 Å². The van der Waals surface area contributed by atoms with E-state index >= 15 is 0 Å². The van der Waals surface area contributed by atoms with Crippen molar-refractivity contribution in [2.24, 2.45) is 0 Å². The molecule has 13 heavy (non-hydrogen) atoms. The van der Waals surface area contributed by atoms with Gasteiger partial charge in [0.25, 0.3) is 0 Å². The van der Waals surface area contributed by atoms with Gasteiger partial charge < -0.3 is 0 Å². The molecule has 1 fully saturated rings. The van der Waals surface area contributed by atoms with E-state index in [4.69, 9.17) is 0 Å². The molecule has 0 aliphatic carbocycles. The highest BCUT2D eigenvalue weighted by Crippen LogP contribution is 2.17. The minimum atomic E-state index is 0.382. The molecule has 1 aliphatic heterocycles. The molecule has 0 bridgehead atoms. The highest BCUT2D eigenvalue weighted by molar-refractivity contribution is 7.08. The van der Waals surface area contributed by atoms with Gasteiger partial charge in [0, 0.05) is 19.5 Å². The first-order valence-corrected chi connectivity index (χ1v) is 5.46. The SMILES string of the molecule is Cc1cscc1CN1CCC(=O)C1. The average Bonchev–Trinajstić information content (AvgIpc) is 2.64. The summed E-state index contributed by atoms with van der Waals surface area (Å²) in [5.41, 5.74) is 2.73. The molecule has 0 atom stereocenters. The van der Waals surface area contributed by atoms with Crippen molar-refractivity contribution < 1.29 is 4.79 Å². The van der Waals surface area contributed by atoms with Crippen molar-refractivity contribution in [1.29, 1.82) is 0 Å². The predicted molar refractivity (Wildman–Crippen MR) is 54.0 cm³/mol. The van der Waals surface area contributed by atoms with Crippen LogP contribution in [-0.4, -0.2) is 23.8 Å². The highest BCUT2D eigenvalue weighted by Gasteiger charge is 2.19. The Balaban J connectivity index is 1.99. The standard InChI is InChI=1S/C10H13NOS/c1-8-6-13-7-9(8)4-11-3-2-10(12)5-11/h6-7H,2-5H2,1H3. The molecule has 1 saturated heterocycles. The van der Waals surface area contributed by atoms with Gasteiger partial charge in [0.05, 0.1) is 6.54 Å². The van der Waals surface area contributed by atoms with Gasteiger partial charge in [-0.2, -0.15) is 11.3 Å². The summed E-state index contributed by atoms with van der Waals surface area (Å²) in [6.45, 7) is 4.66. The first-order chi connectivity index (χ1) is 6.25. The van der Waals surface area contributed by atoms with Crippen molar-refractivity contribution in [2.45, 2.75) is 19.9 Å². The fourth-order valence-corrected chi connectivity index (χ4v) is 2.46. The number of nitrogens with zero attached hydrogens (tertiary/aromatic N) is 1. The summed E-state index contributed by atoms with van der Waals surface area (Å²) in [5.74, 6) is 0.382. The Kier molecular flexibility index (Phi) is 2.47. The summed E-state index contributed by atoms with van der Waals surface area (Å²) in [6.07, 6.45) is 0.739. The summed E-state index contributed by atoms with van der Waals surface area (Å²) in [4.78, 5) is 13.2. The average molecular weight is 195 g/mol. The molecule has 1 aromatic heterocycles. The lowest BCUT2D eigenvalue weighted by Crippen LogP contribution is -2.20. The van der Waals surface area contributed by atoms with E-state index < -0.39 is 0 Å². The molecule has 1 aliphatic rings. The molecular weight excluding hydrogens is 182 g/mol. The smallest absolute Gasteiger partial charge is 0.148 e. The number of carbonyl (C=O) groups is 1. The molecular formula is C10H13NOS. The van der Waals surface area contributed by atoms with E-state index in [0.717, 1.165) is 19.5 Å². The maximum absolute atomic E-state index is 11.0. The summed E-state index contributed by atoms with van der Waals surface area (Å²) in [5, 5.41) is 4.34. The molecule has 0 amide bonds. The third-order valence-corrected chi connectivity index (χ3v) is 3.37. The molecule has 1 aromatic rings. The van der Waals surface area contributed by atoms with Gasteiger partial charge >= 0.3 is 0 Å². The molecule has 2 nitrogen and oxygen atoms in total. The Hall–Kier alpha value is -0.670. The number of thiophene rings is 1. The second-order valence-corrected chi connectivity index (χ2v) is 4.32. The third-order valence-electron chi connectivity index (χ3n) is 2.46. The highest BCUT2D eigenvalue weighted by atomic mass is 32.1. The van der Waals surface area contributed by atoms with E-state index in [9.17, 15) is 4.79 Å². The third kappa shape index (κ3) is 1.98. The van der Waals surface area contributed by atoms with Crippen LogP contribution in [-0.2, 0) is 11.3 Å². The zero-order valence-corrected chi connectivity index (χ0v) is 8.56. The number of rotatable bonds is 2. The first kappa shape index (κ1) is 8.91. The Morgan fingerprint density at radius 2 is 2.38 bits per heavy atom. The fraction of sp³-hybridized carbons (Fsp3) is 0.500. The van der Waals surface area contributed by atoms with Gasteiger partial charge in [-0.3, -0.25) is 9.69 Å². The quantitative estimate of drug-likeness (QED) is 0.717. The van der Waals surface area contributed by atoms with Crippen LogP contribution in [0.5, 0.6) is 0 Å². The van der Waals surface area contributed by atoms with Crippen LogP contribution >= 0.6 is 11.3 Å². The Bertz CT molecular complexity index is 318. The molecule has 0 radical (unpaired) electrons. The number of likely N-dealkylation sites (tertiary alicyclic amines) is 1. The van der Waals surface area contributed by atoms with E-state index in [1.165, 1.54) is 11.1 Å². The van der Waals surface area contributed by atoms with Crippen LogP contribution in [0.4, 0.5) is 0 Å². The summed E-state index contributed by atoms with van der Waals surface area (Å²) < 4.78 is 0. The molecule has 0 aromatic carbocycles. The van der Waals surface area contributed by atoms with Crippen molar-refractivity contribution in [3.63, 3.8) is 0 Å². The zero-order chi connectivity index (χ0) is 9.26. The summed E-state index contributed by atoms with van der Waals surface area (Å²) >= 11 is 1.74. The lowest BCUT2D eigenvalue weighted by atomic mass is 10.2. The van der Waals surface area contributed by atoms with Gasteiger partial charge in [0.1, 0.15) is 5.78 Å². The normalized spacial score (nSPS) is 18.4. The van der Waals surface area contributed by atoms with E-state index in [2.05, 4.69) is 22.6 Å². The predicted octanol–water partition coefficient (Wildman–Crippen LogP) is 1.83. The van der Waals surface area contributed by atoms with Crippen molar-refractivity contribution in [3.05, 3.63) is 21.9 Å². The number of hydrogen-bond donors (Lipinski definition) is 0. The van der Waals surface area contributed by atoms with Crippen molar-refractivity contribution in [3.8, 4) is 0 Å². The van der Waals surface area contributed by atoms with Gasteiger partial charge in [0.2, 0.25) is 0 Å². The number of carbonyl (C=O) groups excluding carboxylic acids is 1. The summed E-state index contributed by atoms with van der Waals surface area (Å²) in [7, 11) is 0. The van der Waals surface area contributed by atoms with E-state index in [1.54, 1.807) is 11.3 Å². The fourth-order valence-electron chi connectivity index (χ4n) is 1.62. The molecule has 0 spiro atoms. The van der Waals surface area contributed by atoms with E-state index in [1.807, 2.05) is 0 Å². The number of ketones is 1. The maximum atomic E-state index is 11.0. The van der Waals surface area contributed by atoms with E-state index in [-0.39, 0.29) is 0 Å². The van der Waals surface area contributed by atoms with E-state index in [0.29, 0.717) is 12.3 Å². The van der Waals surface area contributed by atoms with Crippen LogP contribution in [0.3, 0.4) is 0 Å². The Morgan fingerprint density at radius 1 is 1.54 bits per heavy atom. The molecule has 0 N–H and O–H groups in total. The maximum Gasteiger partial charge on any atom is 0.148 e. The van der Waals surface area contributed by atoms with Crippen LogP contribution in [0.2, 0.25) is 0 Å². The Morgan fingerprint density at radius 3 is 2.92 bits per heavy atom.